The third-order valence-electron chi connectivity index (χ3n) is 5.84. The number of pyridine rings is 2. The third-order valence-corrected chi connectivity index (χ3v) is 5.84. The second kappa shape index (κ2) is 9.08. The maximum absolute atomic E-state index is 14.4. The maximum atomic E-state index is 14.4. The van der Waals surface area contributed by atoms with Crippen LogP contribution in [0.2, 0.25) is 0 Å². The average molecular weight is 441 g/mol. The number of aromatic nitrogens is 2. The van der Waals surface area contributed by atoms with Crippen molar-refractivity contribution in [2.24, 2.45) is 5.73 Å². The molecule has 1 aromatic carbocycles. The zero-order chi connectivity index (χ0) is 22.8. The highest BCUT2D eigenvalue weighted by Crippen LogP contribution is 2.34. The zero-order valence-corrected chi connectivity index (χ0v) is 17.2. The van der Waals surface area contributed by atoms with E-state index < -0.39 is 40.2 Å². The molecule has 2 aromatic heterocycles. The van der Waals surface area contributed by atoms with Gasteiger partial charge in [-0.15, -0.1) is 0 Å². The number of phenols is 1. The molecule has 3 aromatic rings. The minimum Gasteiger partial charge on any atom is -0.508 e. The summed E-state index contributed by atoms with van der Waals surface area (Å²) < 4.78 is 42.8. The smallest absolute Gasteiger partial charge is 0.185 e. The first-order chi connectivity index (χ1) is 15.3. The van der Waals surface area contributed by atoms with Crippen LogP contribution in [0.4, 0.5) is 13.2 Å². The summed E-state index contributed by atoms with van der Waals surface area (Å²) in [5.74, 6) is -4.18. The number of nitrogens with zero attached hydrogens (tertiary/aromatic N) is 2. The number of nitrogens with two attached hydrogens (primary N) is 1. The van der Waals surface area contributed by atoms with Crippen LogP contribution < -0.4 is 5.73 Å². The van der Waals surface area contributed by atoms with Gasteiger partial charge in [-0.25, -0.2) is 18.2 Å². The molecular formula is C24H22F3N3O2. The van der Waals surface area contributed by atoms with Gasteiger partial charge in [-0.2, -0.15) is 0 Å². The normalized spacial score (nSPS) is 18.5. The van der Waals surface area contributed by atoms with Crippen molar-refractivity contribution in [3.05, 3.63) is 77.0 Å². The van der Waals surface area contributed by atoms with E-state index in [9.17, 15) is 23.1 Å². The molecule has 8 heteroatoms. The van der Waals surface area contributed by atoms with Gasteiger partial charge in [-0.05, 0) is 54.5 Å². The van der Waals surface area contributed by atoms with E-state index in [-0.39, 0.29) is 24.1 Å². The lowest BCUT2D eigenvalue weighted by Gasteiger charge is -2.28. The van der Waals surface area contributed by atoms with Crippen LogP contribution in [-0.2, 0) is 6.42 Å². The molecule has 0 unspecified atom stereocenters. The Balaban J connectivity index is 1.64. The zero-order valence-electron chi connectivity index (χ0n) is 17.2. The fraction of sp³-hybridized carbons (Fsp3) is 0.292. The summed E-state index contributed by atoms with van der Waals surface area (Å²) in [5, 5.41) is 9.33. The van der Waals surface area contributed by atoms with E-state index in [4.69, 9.17) is 5.73 Å². The predicted molar refractivity (Wildman–Crippen MR) is 113 cm³/mol. The Morgan fingerprint density at radius 2 is 1.84 bits per heavy atom. The molecule has 1 aliphatic carbocycles. The number of aromatic hydroxyl groups is 1. The molecule has 0 radical (unpaired) electrons. The Kier molecular flexibility index (Phi) is 6.23. The first-order valence-electron chi connectivity index (χ1n) is 10.4. The van der Waals surface area contributed by atoms with Gasteiger partial charge in [-0.3, -0.25) is 9.78 Å². The fourth-order valence-corrected chi connectivity index (χ4v) is 4.32. The van der Waals surface area contributed by atoms with Gasteiger partial charge in [0.2, 0.25) is 0 Å². The summed E-state index contributed by atoms with van der Waals surface area (Å²) in [7, 11) is 0. The molecule has 1 fully saturated rings. The number of halogens is 3. The lowest BCUT2D eigenvalue weighted by molar-refractivity contribution is 0.0987. The van der Waals surface area contributed by atoms with E-state index in [2.05, 4.69) is 9.97 Å². The standard InChI is InChI=1S/C24H22F3N3O2/c25-18-4-5-21(30-24(18)23-19(26)10-16(31)11-20(23)27)22(32)9-14-12-29-7-6-17(14)13-2-1-3-15(28)8-13/h4-7,10-13,15,31H,1-3,8-9,28H2/t13-,15+/m1/s1. The van der Waals surface area contributed by atoms with Crippen LogP contribution in [0.1, 0.15) is 53.2 Å². The van der Waals surface area contributed by atoms with E-state index in [1.807, 2.05) is 6.07 Å². The second-order valence-corrected chi connectivity index (χ2v) is 8.11. The number of ketones is 1. The first-order valence-corrected chi connectivity index (χ1v) is 10.4. The highest BCUT2D eigenvalue weighted by molar-refractivity contribution is 5.96. The van der Waals surface area contributed by atoms with Gasteiger partial charge in [0, 0.05) is 37.0 Å². The van der Waals surface area contributed by atoms with Gasteiger partial charge in [0.1, 0.15) is 34.6 Å². The minimum absolute atomic E-state index is 0.0342. The summed E-state index contributed by atoms with van der Waals surface area (Å²) in [6.07, 6.45) is 7.04. The average Bonchev–Trinajstić information content (AvgIpc) is 2.74. The van der Waals surface area contributed by atoms with Crippen LogP contribution in [-0.4, -0.2) is 26.9 Å². The second-order valence-electron chi connectivity index (χ2n) is 8.11. The topological polar surface area (TPSA) is 89.1 Å². The van der Waals surface area contributed by atoms with Crippen molar-refractivity contribution in [3.63, 3.8) is 0 Å². The van der Waals surface area contributed by atoms with Crippen LogP contribution in [0.5, 0.6) is 5.75 Å². The highest BCUT2D eigenvalue weighted by atomic mass is 19.1. The third kappa shape index (κ3) is 4.50. The van der Waals surface area contributed by atoms with E-state index in [1.54, 1.807) is 12.4 Å². The largest absolute Gasteiger partial charge is 0.508 e. The molecule has 0 aliphatic heterocycles. The van der Waals surface area contributed by atoms with Gasteiger partial charge < -0.3 is 10.8 Å². The van der Waals surface area contributed by atoms with E-state index in [0.717, 1.165) is 42.9 Å². The van der Waals surface area contributed by atoms with E-state index in [0.29, 0.717) is 12.1 Å². The Morgan fingerprint density at radius 1 is 1.09 bits per heavy atom. The maximum Gasteiger partial charge on any atom is 0.185 e. The summed E-state index contributed by atoms with van der Waals surface area (Å²) in [6, 6.07) is 5.45. The lowest BCUT2D eigenvalue weighted by atomic mass is 9.80. The Bertz CT molecular complexity index is 1150. The molecule has 2 heterocycles. The number of hydrogen-bond acceptors (Lipinski definition) is 5. The number of phenolic OH excluding ortho intramolecular Hbond substituents is 1. The Hall–Kier alpha value is -3.26. The molecule has 0 bridgehead atoms. The fourth-order valence-electron chi connectivity index (χ4n) is 4.32. The van der Waals surface area contributed by atoms with Crippen LogP contribution in [0.15, 0.2) is 42.7 Å². The Morgan fingerprint density at radius 3 is 2.56 bits per heavy atom. The van der Waals surface area contributed by atoms with Gasteiger partial charge in [-0.1, -0.05) is 6.42 Å². The number of hydrogen-bond donors (Lipinski definition) is 2. The van der Waals surface area contributed by atoms with Crippen LogP contribution in [0, 0.1) is 17.5 Å². The summed E-state index contributed by atoms with van der Waals surface area (Å²) in [4.78, 5) is 21.0. The number of benzene rings is 1. The monoisotopic (exact) mass is 441 g/mol. The SMILES string of the molecule is N[C@H]1CCC[C@@H](c2ccncc2CC(=O)c2ccc(F)c(-c3c(F)cc(O)cc3F)n2)C1. The van der Waals surface area contributed by atoms with Crippen LogP contribution in [0.3, 0.4) is 0 Å². The van der Waals surface area contributed by atoms with Crippen molar-refractivity contribution in [3.8, 4) is 17.0 Å². The van der Waals surface area contributed by atoms with Crippen molar-refractivity contribution < 1.29 is 23.1 Å². The number of Topliss-reactive ketones (excluding diaryl/α,β-unsaturated/α-hetero) is 1. The van der Waals surface area contributed by atoms with Crippen molar-refractivity contribution in [2.75, 3.05) is 0 Å². The molecule has 32 heavy (non-hydrogen) atoms. The molecule has 4 rings (SSSR count). The molecule has 166 valence electrons. The quantitative estimate of drug-likeness (QED) is 0.562. The minimum atomic E-state index is -1.18. The molecule has 2 atom stereocenters. The van der Waals surface area contributed by atoms with Crippen LogP contribution in [0.25, 0.3) is 11.3 Å². The summed E-state index contributed by atoms with van der Waals surface area (Å²) in [5.41, 5.74) is 6.36. The van der Waals surface area contributed by atoms with Gasteiger partial charge in [0.15, 0.2) is 5.78 Å². The van der Waals surface area contributed by atoms with Crippen molar-refractivity contribution in [2.45, 2.75) is 44.1 Å². The van der Waals surface area contributed by atoms with Crippen molar-refractivity contribution in [1.82, 2.24) is 9.97 Å². The molecule has 0 spiro atoms. The van der Waals surface area contributed by atoms with E-state index >= 15 is 0 Å². The Labute approximate surface area is 183 Å². The number of rotatable bonds is 5. The highest BCUT2D eigenvalue weighted by Gasteiger charge is 2.25. The molecule has 5 nitrogen and oxygen atoms in total. The molecule has 0 saturated heterocycles. The molecular weight excluding hydrogens is 419 g/mol. The van der Waals surface area contributed by atoms with Crippen molar-refractivity contribution in [1.29, 1.82) is 0 Å². The summed E-state index contributed by atoms with van der Waals surface area (Å²) in [6.45, 7) is 0. The number of carbonyl (C=O) groups is 1. The van der Waals surface area contributed by atoms with Crippen molar-refractivity contribution >= 4 is 5.78 Å². The molecule has 1 aliphatic rings. The lowest BCUT2D eigenvalue weighted by Crippen LogP contribution is -2.27. The molecule has 0 amide bonds. The molecule has 1 saturated carbocycles. The van der Waals surface area contributed by atoms with Gasteiger partial charge in [0.25, 0.3) is 0 Å². The predicted octanol–water partition coefficient (Wildman–Crippen LogP) is 4.68. The van der Waals surface area contributed by atoms with Gasteiger partial charge >= 0.3 is 0 Å². The number of carbonyl (C=O) groups excluding carboxylic acids is 1. The first kappa shape index (κ1) is 22.0. The van der Waals surface area contributed by atoms with Crippen LogP contribution >= 0.6 is 0 Å². The van der Waals surface area contributed by atoms with Gasteiger partial charge in [0.05, 0.1) is 5.56 Å². The summed E-state index contributed by atoms with van der Waals surface area (Å²) >= 11 is 0. The molecule has 3 N–H and O–H groups in total. The van der Waals surface area contributed by atoms with E-state index in [1.165, 1.54) is 6.07 Å².